The van der Waals surface area contributed by atoms with Gasteiger partial charge in [-0.15, -0.1) is 0 Å². The zero-order valence-corrected chi connectivity index (χ0v) is 10.4. The van der Waals surface area contributed by atoms with Crippen molar-refractivity contribution in [1.82, 2.24) is 5.32 Å². The van der Waals surface area contributed by atoms with Crippen LogP contribution in [0.25, 0.3) is 0 Å². The van der Waals surface area contributed by atoms with E-state index in [0.717, 1.165) is 12.8 Å². The first kappa shape index (κ1) is 14.5. The second kappa shape index (κ2) is 9.44. The van der Waals surface area contributed by atoms with E-state index in [1.165, 1.54) is 0 Å². The van der Waals surface area contributed by atoms with Crippen molar-refractivity contribution in [2.45, 2.75) is 12.8 Å². The first-order valence-corrected chi connectivity index (χ1v) is 6.02. The lowest BCUT2D eigenvalue weighted by molar-refractivity contribution is 0.130. The summed E-state index contributed by atoms with van der Waals surface area (Å²) >= 11 is 0. The van der Waals surface area contributed by atoms with Gasteiger partial charge in [-0.3, -0.25) is 0 Å². The molecule has 0 aliphatic carbocycles. The lowest BCUT2D eigenvalue weighted by Gasteiger charge is -2.06. The molecule has 1 rings (SSSR count). The second-order valence-electron chi connectivity index (χ2n) is 3.66. The van der Waals surface area contributed by atoms with Crippen molar-refractivity contribution in [1.29, 1.82) is 0 Å². The van der Waals surface area contributed by atoms with Gasteiger partial charge in [0.2, 0.25) is 0 Å². The molecule has 18 heavy (non-hydrogen) atoms. The number of rotatable bonds is 8. The Morgan fingerprint density at radius 2 is 2.22 bits per heavy atom. The monoisotopic (exact) mass is 251 g/mol. The highest BCUT2D eigenvalue weighted by atomic mass is 16.6. The van der Waals surface area contributed by atoms with Crippen molar-refractivity contribution >= 4 is 6.09 Å². The van der Waals surface area contributed by atoms with E-state index >= 15 is 0 Å². The van der Waals surface area contributed by atoms with Crippen LogP contribution in [0.4, 0.5) is 4.79 Å². The molecule has 0 bridgehead atoms. The van der Waals surface area contributed by atoms with E-state index in [-0.39, 0.29) is 0 Å². The Morgan fingerprint density at radius 3 is 2.94 bits per heavy atom. The van der Waals surface area contributed by atoms with Crippen molar-refractivity contribution in [3.63, 3.8) is 0 Å². The highest BCUT2D eigenvalue weighted by Crippen LogP contribution is 2.07. The Bertz CT molecular complexity index is 330. The van der Waals surface area contributed by atoms with Gasteiger partial charge in [0.05, 0.1) is 0 Å². The summed E-state index contributed by atoms with van der Waals surface area (Å²) in [5.74, 6) is 0.481. The van der Waals surface area contributed by atoms with Gasteiger partial charge in [0, 0.05) is 19.8 Å². The molecule has 0 spiro atoms. The van der Waals surface area contributed by atoms with Crippen molar-refractivity contribution < 1.29 is 14.3 Å². The molecule has 0 aromatic heterocycles. The Kier molecular flexibility index (Phi) is 7.59. The SMILES string of the molecule is NCCCOCCCNC(=O)Oc1c[c]ccc1. The topological polar surface area (TPSA) is 73.6 Å². The van der Waals surface area contributed by atoms with E-state index in [1.807, 2.05) is 0 Å². The molecule has 0 fully saturated rings. The lowest BCUT2D eigenvalue weighted by atomic mass is 10.3. The summed E-state index contributed by atoms with van der Waals surface area (Å²) in [7, 11) is 0. The third-order valence-corrected chi connectivity index (χ3v) is 2.12. The number of benzene rings is 1. The Hall–Kier alpha value is -1.59. The molecular weight excluding hydrogens is 232 g/mol. The quantitative estimate of drug-likeness (QED) is 0.684. The minimum Gasteiger partial charge on any atom is -0.410 e. The number of ether oxygens (including phenoxy) is 2. The summed E-state index contributed by atoms with van der Waals surface area (Å²) in [6, 6.07) is 9.63. The fourth-order valence-corrected chi connectivity index (χ4v) is 1.24. The summed E-state index contributed by atoms with van der Waals surface area (Å²) < 4.78 is 10.3. The van der Waals surface area contributed by atoms with Gasteiger partial charge in [-0.1, -0.05) is 12.1 Å². The normalized spacial score (nSPS) is 10.1. The average Bonchev–Trinajstić information content (AvgIpc) is 2.39. The summed E-state index contributed by atoms with van der Waals surface area (Å²) in [5, 5.41) is 2.64. The van der Waals surface area contributed by atoms with Crippen LogP contribution in [-0.2, 0) is 4.74 Å². The zero-order valence-electron chi connectivity index (χ0n) is 10.4. The molecule has 3 N–H and O–H groups in total. The van der Waals surface area contributed by atoms with E-state index in [4.69, 9.17) is 15.2 Å². The molecule has 5 nitrogen and oxygen atoms in total. The molecule has 5 heteroatoms. The highest BCUT2D eigenvalue weighted by molar-refractivity contribution is 5.70. The molecule has 0 aliphatic rings. The van der Waals surface area contributed by atoms with Gasteiger partial charge in [-0.25, -0.2) is 4.79 Å². The van der Waals surface area contributed by atoms with Gasteiger partial charge in [0.1, 0.15) is 5.75 Å². The van der Waals surface area contributed by atoms with Crippen LogP contribution >= 0.6 is 0 Å². The number of carbonyl (C=O) groups excluding carboxylic acids is 1. The second-order valence-corrected chi connectivity index (χ2v) is 3.66. The van der Waals surface area contributed by atoms with Gasteiger partial charge < -0.3 is 20.5 Å². The lowest BCUT2D eigenvalue weighted by Crippen LogP contribution is -2.28. The van der Waals surface area contributed by atoms with E-state index < -0.39 is 6.09 Å². The Morgan fingerprint density at radius 1 is 1.39 bits per heavy atom. The van der Waals surface area contributed by atoms with Crippen molar-refractivity contribution in [3.8, 4) is 5.75 Å². The molecule has 0 saturated carbocycles. The third-order valence-electron chi connectivity index (χ3n) is 2.12. The average molecular weight is 251 g/mol. The number of hydrogen-bond acceptors (Lipinski definition) is 4. The van der Waals surface area contributed by atoms with E-state index in [9.17, 15) is 4.79 Å². The molecule has 0 aliphatic heterocycles. The molecule has 1 aromatic rings. The predicted octanol–water partition coefficient (Wildman–Crippen LogP) is 1.33. The van der Waals surface area contributed by atoms with Crippen molar-refractivity contribution in [2.24, 2.45) is 5.73 Å². The molecule has 1 radical (unpaired) electrons. The first-order valence-electron chi connectivity index (χ1n) is 6.02. The summed E-state index contributed by atoms with van der Waals surface area (Å²) in [6.07, 6.45) is 1.15. The molecule has 0 saturated heterocycles. The summed E-state index contributed by atoms with van der Waals surface area (Å²) in [5.41, 5.74) is 5.33. The summed E-state index contributed by atoms with van der Waals surface area (Å²) in [4.78, 5) is 11.3. The largest absolute Gasteiger partial charge is 0.412 e. The van der Waals surface area contributed by atoms with Crippen LogP contribution in [-0.4, -0.2) is 32.4 Å². The van der Waals surface area contributed by atoms with Crippen LogP contribution in [0.3, 0.4) is 0 Å². The third kappa shape index (κ3) is 6.88. The smallest absolute Gasteiger partial charge is 0.410 e. The molecular formula is C13H19N2O3. The molecule has 0 unspecified atom stereocenters. The van der Waals surface area contributed by atoms with E-state index in [0.29, 0.717) is 32.1 Å². The van der Waals surface area contributed by atoms with Crippen LogP contribution in [0, 0.1) is 6.07 Å². The maximum absolute atomic E-state index is 11.3. The standard InChI is InChI=1S/C13H19N2O3/c14-8-4-10-17-11-5-9-15-13(16)18-12-6-2-1-3-7-12/h1-2,6-7H,4-5,8-11,14H2,(H,15,16). The molecule has 1 aromatic carbocycles. The van der Waals surface area contributed by atoms with E-state index in [2.05, 4.69) is 11.4 Å². The maximum atomic E-state index is 11.3. The molecule has 0 atom stereocenters. The Balaban J connectivity index is 2.00. The van der Waals surface area contributed by atoms with Gasteiger partial charge in [0.25, 0.3) is 0 Å². The van der Waals surface area contributed by atoms with Crippen LogP contribution in [0.5, 0.6) is 5.75 Å². The van der Waals surface area contributed by atoms with Gasteiger partial charge >= 0.3 is 6.09 Å². The van der Waals surface area contributed by atoms with Crippen LogP contribution < -0.4 is 15.8 Å². The fourth-order valence-electron chi connectivity index (χ4n) is 1.24. The fraction of sp³-hybridized carbons (Fsp3) is 0.462. The summed E-state index contributed by atoms with van der Waals surface area (Å²) in [6.45, 7) is 2.44. The van der Waals surface area contributed by atoms with Gasteiger partial charge in [-0.05, 0) is 37.6 Å². The first-order chi connectivity index (χ1) is 8.83. The number of amides is 1. The molecule has 99 valence electrons. The van der Waals surface area contributed by atoms with Crippen LogP contribution in [0.1, 0.15) is 12.8 Å². The number of hydrogen-bond donors (Lipinski definition) is 2. The van der Waals surface area contributed by atoms with Crippen molar-refractivity contribution in [2.75, 3.05) is 26.3 Å². The van der Waals surface area contributed by atoms with Crippen LogP contribution in [0.15, 0.2) is 24.3 Å². The zero-order chi connectivity index (χ0) is 13.1. The Labute approximate surface area is 107 Å². The van der Waals surface area contributed by atoms with Gasteiger partial charge in [-0.2, -0.15) is 0 Å². The van der Waals surface area contributed by atoms with Crippen LogP contribution in [0.2, 0.25) is 0 Å². The van der Waals surface area contributed by atoms with E-state index in [1.54, 1.807) is 24.3 Å². The maximum Gasteiger partial charge on any atom is 0.412 e. The highest BCUT2D eigenvalue weighted by Gasteiger charge is 2.02. The number of carbonyl (C=O) groups is 1. The number of nitrogens with two attached hydrogens (primary N) is 1. The van der Waals surface area contributed by atoms with Gasteiger partial charge in [0.15, 0.2) is 0 Å². The molecule has 1 amide bonds. The minimum absolute atomic E-state index is 0.462. The van der Waals surface area contributed by atoms with Crippen molar-refractivity contribution in [3.05, 3.63) is 30.3 Å². The molecule has 0 heterocycles. The number of nitrogens with one attached hydrogen (secondary N) is 1. The predicted molar refractivity (Wildman–Crippen MR) is 68.4 cm³/mol. The minimum atomic E-state index is -0.462.